The third-order valence-corrected chi connectivity index (χ3v) is 6.25. The minimum atomic E-state index is 0.249. The number of morpholine rings is 1. The van der Waals surface area contributed by atoms with Gasteiger partial charge in [0.2, 0.25) is 0 Å². The van der Waals surface area contributed by atoms with Crippen LogP contribution in [-0.4, -0.2) is 63.9 Å². The molecule has 0 bridgehead atoms. The van der Waals surface area contributed by atoms with Crippen molar-refractivity contribution >= 4 is 5.96 Å². The molecular weight excluding hydrogens is 388 g/mol. The number of hydrogen-bond acceptors (Lipinski definition) is 4. The van der Waals surface area contributed by atoms with Crippen molar-refractivity contribution in [1.29, 1.82) is 0 Å². The average molecular weight is 423 g/mol. The van der Waals surface area contributed by atoms with E-state index in [1.807, 2.05) is 19.2 Å². The number of hydrogen-bond donors (Lipinski definition) is 2. The second kappa shape index (κ2) is 10.6. The molecule has 0 atom stereocenters. The Bertz CT molecular complexity index is 846. The predicted octanol–water partition coefficient (Wildman–Crippen LogP) is 2.79. The second-order valence-electron chi connectivity index (χ2n) is 8.34. The molecule has 31 heavy (non-hydrogen) atoms. The SMILES string of the molecule is CN=C(NCc1ccccc1OCCN1CCOCC1)NCC1(c2ccccc2)CC1. The summed E-state index contributed by atoms with van der Waals surface area (Å²) < 4.78 is 11.5. The van der Waals surface area contributed by atoms with Crippen LogP contribution in [0.1, 0.15) is 24.0 Å². The zero-order valence-corrected chi connectivity index (χ0v) is 18.5. The van der Waals surface area contributed by atoms with Crippen molar-refractivity contribution < 1.29 is 9.47 Å². The largest absolute Gasteiger partial charge is 0.492 e. The first-order valence-corrected chi connectivity index (χ1v) is 11.3. The van der Waals surface area contributed by atoms with Crippen LogP contribution in [0.3, 0.4) is 0 Å². The molecule has 0 unspecified atom stereocenters. The van der Waals surface area contributed by atoms with Crippen LogP contribution < -0.4 is 15.4 Å². The van der Waals surface area contributed by atoms with Crippen molar-refractivity contribution in [2.45, 2.75) is 24.8 Å². The monoisotopic (exact) mass is 422 g/mol. The summed E-state index contributed by atoms with van der Waals surface area (Å²) in [6, 6.07) is 19.0. The van der Waals surface area contributed by atoms with Gasteiger partial charge in [-0.2, -0.15) is 0 Å². The van der Waals surface area contributed by atoms with Crippen molar-refractivity contribution in [1.82, 2.24) is 15.5 Å². The topological polar surface area (TPSA) is 58.1 Å². The second-order valence-corrected chi connectivity index (χ2v) is 8.34. The van der Waals surface area contributed by atoms with Gasteiger partial charge in [-0.05, 0) is 24.5 Å². The van der Waals surface area contributed by atoms with Gasteiger partial charge in [0.25, 0.3) is 0 Å². The summed E-state index contributed by atoms with van der Waals surface area (Å²) in [5.74, 6) is 1.76. The Labute approximate surface area is 185 Å². The van der Waals surface area contributed by atoms with Crippen molar-refractivity contribution in [3.63, 3.8) is 0 Å². The molecule has 0 radical (unpaired) electrons. The summed E-state index contributed by atoms with van der Waals surface area (Å²) in [5.41, 5.74) is 2.80. The molecule has 1 saturated heterocycles. The van der Waals surface area contributed by atoms with E-state index >= 15 is 0 Å². The summed E-state index contributed by atoms with van der Waals surface area (Å²) in [6.07, 6.45) is 2.45. The molecule has 1 aliphatic heterocycles. The van der Waals surface area contributed by atoms with Crippen LogP contribution in [0.25, 0.3) is 0 Å². The van der Waals surface area contributed by atoms with Crippen LogP contribution in [-0.2, 0) is 16.7 Å². The molecule has 2 aromatic rings. The van der Waals surface area contributed by atoms with E-state index in [1.165, 1.54) is 18.4 Å². The molecule has 1 saturated carbocycles. The lowest BCUT2D eigenvalue weighted by molar-refractivity contribution is 0.0322. The van der Waals surface area contributed by atoms with Gasteiger partial charge in [0.15, 0.2) is 5.96 Å². The third kappa shape index (κ3) is 5.99. The summed E-state index contributed by atoms with van der Waals surface area (Å²) in [6.45, 7) is 6.79. The molecule has 1 aliphatic carbocycles. The maximum atomic E-state index is 6.11. The third-order valence-electron chi connectivity index (χ3n) is 6.25. The Morgan fingerprint density at radius 2 is 1.77 bits per heavy atom. The molecule has 2 fully saturated rings. The molecule has 0 amide bonds. The molecule has 2 N–H and O–H groups in total. The first-order chi connectivity index (χ1) is 15.3. The molecule has 6 heteroatoms. The van der Waals surface area contributed by atoms with E-state index in [9.17, 15) is 0 Å². The van der Waals surface area contributed by atoms with Gasteiger partial charge in [0.1, 0.15) is 12.4 Å². The van der Waals surface area contributed by atoms with Gasteiger partial charge < -0.3 is 20.1 Å². The molecule has 1 heterocycles. The maximum absolute atomic E-state index is 6.11. The van der Waals surface area contributed by atoms with Gasteiger partial charge in [0, 0.05) is 50.7 Å². The molecule has 0 spiro atoms. The van der Waals surface area contributed by atoms with E-state index < -0.39 is 0 Å². The van der Waals surface area contributed by atoms with Gasteiger partial charge >= 0.3 is 0 Å². The number of rotatable bonds is 9. The number of ether oxygens (including phenoxy) is 2. The number of nitrogens with one attached hydrogen (secondary N) is 2. The quantitative estimate of drug-likeness (QED) is 0.481. The zero-order chi connectivity index (χ0) is 21.4. The molecule has 2 aliphatic rings. The highest BCUT2D eigenvalue weighted by Crippen LogP contribution is 2.47. The van der Waals surface area contributed by atoms with Crippen molar-refractivity contribution in [2.75, 3.05) is 53.0 Å². The summed E-state index contributed by atoms with van der Waals surface area (Å²) in [5, 5.41) is 6.98. The standard InChI is InChI=1S/C25H34N4O2/c1-26-24(28-20-25(11-12-25)22-8-3-2-4-9-22)27-19-21-7-5-6-10-23(21)31-18-15-29-13-16-30-17-14-29/h2-10H,11-20H2,1H3,(H2,26,27,28). The fourth-order valence-electron chi connectivity index (χ4n) is 4.06. The van der Waals surface area contributed by atoms with E-state index in [2.05, 4.69) is 63.0 Å². The van der Waals surface area contributed by atoms with Crippen LogP contribution >= 0.6 is 0 Å². The highest BCUT2D eigenvalue weighted by molar-refractivity contribution is 5.79. The van der Waals surface area contributed by atoms with Crippen molar-refractivity contribution in [3.05, 3.63) is 65.7 Å². The number of benzene rings is 2. The number of aliphatic imine (C=N–C) groups is 1. The lowest BCUT2D eigenvalue weighted by atomic mass is 9.96. The van der Waals surface area contributed by atoms with Gasteiger partial charge in [-0.25, -0.2) is 0 Å². The van der Waals surface area contributed by atoms with Crippen LogP contribution in [0.15, 0.2) is 59.6 Å². The first-order valence-electron chi connectivity index (χ1n) is 11.3. The molecule has 6 nitrogen and oxygen atoms in total. The van der Waals surface area contributed by atoms with Crippen molar-refractivity contribution in [3.8, 4) is 5.75 Å². The number of nitrogens with zero attached hydrogens (tertiary/aromatic N) is 2. The number of para-hydroxylation sites is 1. The number of guanidine groups is 1. The van der Waals surface area contributed by atoms with E-state index in [0.29, 0.717) is 13.2 Å². The highest BCUT2D eigenvalue weighted by Gasteiger charge is 2.43. The zero-order valence-electron chi connectivity index (χ0n) is 18.5. The van der Waals surface area contributed by atoms with E-state index in [4.69, 9.17) is 9.47 Å². The molecular formula is C25H34N4O2. The van der Waals surface area contributed by atoms with Gasteiger partial charge in [0.05, 0.1) is 13.2 Å². The summed E-state index contributed by atoms with van der Waals surface area (Å²) >= 11 is 0. The molecule has 4 rings (SSSR count). The van der Waals surface area contributed by atoms with Crippen LogP contribution in [0.5, 0.6) is 5.75 Å². The van der Waals surface area contributed by atoms with Gasteiger partial charge in [-0.15, -0.1) is 0 Å². The molecule has 0 aromatic heterocycles. The van der Waals surface area contributed by atoms with Gasteiger partial charge in [-0.1, -0.05) is 48.5 Å². The maximum Gasteiger partial charge on any atom is 0.191 e. The fourth-order valence-corrected chi connectivity index (χ4v) is 4.06. The Morgan fingerprint density at radius 3 is 2.52 bits per heavy atom. The lowest BCUT2D eigenvalue weighted by Gasteiger charge is -2.26. The Balaban J connectivity index is 1.26. The minimum Gasteiger partial charge on any atom is -0.492 e. The van der Waals surface area contributed by atoms with E-state index in [0.717, 1.165) is 56.7 Å². The fraction of sp³-hybridized carbons (Fsp3) is 0.480. The van der Waals surface area contributed by atoms with Crippen LogP contribution in [0.4, 0.5) is 0 Å². The predicted molar refractivity (Wildman–Crippen MR) is 125 cm³/mol. The smallest absolute Gasteiger partial charge is 0.191 e. The van der Waals surface area contributed by atoms with Crippen LogP contribution in [0, 0.1) is 0 Å². The highest BCUT2D eigenvalue weighted by atomic mass is 16.5. The average Bonchev–Trinajstić information content (AvgIpc) is 3.62. The Morgan fingerprint density at radius 1 is 1.03 bits per heavy atom. The van der Waals surface area contributed by atoms with E-state index in [-0.39, 0.29) is 5.41 Å². The summed E-state index contributed by atoms with van der Waals surface area (Å²) in [4.78, 5) is 6.80. The molecule has 2 aromatic carbocycles. The van der Waals surface area contributed by atoms with Gasteiger partial charge in [-0.3, -0.25) is 9.89 Å². The van der Waals surface area contributed by atoms with E-state index in [1.54, 1.807) is 0 Å². The van der Waals surface area contributed by atoms with Crippen molar-refractivity contribution in [2.24, 2.45) is 4.99 Å². The minimum absolute atomic E-state index is 0.249. The van der Waals surface area contributed by atoms with Crippen LogP contribution in [0.2, 0.25) is 0 Å². The Kier molecular flexibility index (Phi) is 7.43. The molecule has 166 valence electrons. The lowest BCUT2D eigenvalue weighted by Crippen LogP contribution is -2.41. The summed E-state index contributed by atoms with van der Waals surface area (Å²) in [7, 11) is 1.82. The Hall–Kier alpha value is -2.57. The first kappa shape index (κ1) is 21.7. The normalized spacial score (nSPS) is 18.4.